The Morgan fingerprint density at radius 1 is 1.60 bits per heavy atom. The van der Waals surface area contributed by atoms with Gasteiger partial charge in [0.2, 0.25) is 11.8 Å². The lowest BCUT2D eigenvalue weighted by atomic mass is 10.1. The average molecular weight is 213 g/mol. The van der Waals surface area contributed by atoms with E-state index in [1.807, 2.05) is 7.05 Å². The van der Waals surface area contributed by atoms with Crippen molar-refractivity contribution >= 4 is 11.8 Å². The highest BCUT2D eigenvalue weighted by atomic mass is 16.2. The molecule has 5 heteroatoms. The molecule has 1 atom stereocenters. The molecule has 0 bridgehead atoms. The summed E-state index contributed by atoms with van der Waals surface area (Å²) in [7, 11) is 3.45. The van der Waals surface area contributed by atoms with E-state index in [2.05, 4.69) is 10.6 Å². The van der Waals surface area contributed by atoms with Crippen LogP contribution in [0.5, 0.6) is 0 Å². The molecule has 1 unspecified atom stereocenters. The third-order valence-corrected chi connectivity index (χ3v) is 2.69. The molecule has 0 aliphatic carbocycles. The van der Waals surface area contributed by atoms with E-state index in [4.69, 9.17) is 0 Å². The summed E-state index contributed by atoms with van der Waals surface area (Å²) >= 11 is 0. The standard InChI is InChI=1S/C10H19N3O2/c1-11-9(14)5-6-12-8-3-4-10(15)13(2)7-8/h8,12H,3-7H2,1-2H3,(H,11,14). The molecule has 0 aromatic rings. The molecule has 0 spiro atoms. The fourth-order valence-corrected chi connectivity index (χ4v) is 1.69. The minimum Gasteiger partial charge on any atom is -0.359 e. The molecule has 2 N–H and O–H groups in total. The topological polar surface area (TPSA) is 61.4 Å². The predicted octanol–water partition coefficient (Wildman–Crippen LogP) is -0.667. The quantitative estimate of drug-likeness (QED) is 0.651. The first-order valence-corrected chi connectivity index (χ1v) is 5.31. The highest BCUT2D eigenvalue weighted by molar-refractivity contribution is 5.77. The van der Waals surface area contributed by atoms with Gasteiger partial charge in [-0.25, -0.2) is 0 Å². The van der Waals surface area contributed by atoms with Gasteiger partial charge in [0.1, 0.15) is 0 Å². The van der Waals surface area contributed by atoms with Gasteiger partial charge < -0.3 is 15.5 Å². The van der Waals surface area contributed by atoms with Crippen molar-refractivity contribution in [1.82, 2.24) is 15.5 Å². The number of nitrogens with one attached hydrogen (secondary N) is 2. The van der Waals surface area contributed by atoms with Crippen LogP contribution in [0.25, 0.3) is 0 Å². The number of nitrogens with zero attached hydrogens (tertiary/aromatic N) is 1. The molecular weight excluding hydrogens is 194 g/mol. The van der Waals surface area contributed by atoms with E-state index in [1.54, 1.807) is 11.9 Å². The number of likely N-dealkylation sites (tertiary alicyclic amines) is 1. The smallest absolute Gasteiger partial charge is 0.222 e. The average Bonchev–Trinajstić information content (AvgIpc) is 2.23. The number of carbonyl (C=O) groups is 2. The third-order valence-electron chi connectivity index (χ3n) is 2.69. The van der Waals surface area contributed by atoms with Crippen LogP contribution >= 0.6 is 0 Å². The Labute approximate surface area is 90.2 Å². The van der Waals surface area contributed by atoms with Gasteiger partial charge in [0.15, 0.2) is 0 Å². The summed E-state index contributed by atoms with van der Waals surface area (Å²) < 4.78 is 0. The lowest BCUT2D eigenvalue weighted by Gasteiger charge is -2.30. The largest absolute Gasteiger partial charge is 0.359 e. The summed E-state index contributed by atoms with van der Waals surface area (Å²) in [5, 5.41) is 5.86. The van der Waals surface area contributed by atoms with E-state index < -0.39 is 0 Å². The molecule has 0 radical (unpaired) electrons. The molecule has 2 amide bonds. The Kier molecular flexibility index (Phi) is 4.55. The molecule has 0 aromatic carbocycles. The number of carbonyl (C=O) groups excluding carboxylic acids is 2. The maximum Gasteiger partial charge on any atom is 0.222 e. The van der Waals surface area contributed by atoms with Crippen molar-refractivity contribution in [3.05, 3.63) is 0 Å². The van der Waals surface area contributed by atoms with Crippen LogP contribution in [0.2, 0.25) is 0 Å². The highest BCUT2D eigenvalue weighted by Crippen LogP contribution is 2.09. The molecule has 1 aliphatic rings. The minimum atomic E-state index is 0.0442. The van der Waals surface area contributed by atoms with Crippen LogP contribution in [-0.4, -0.2) is 49.9 Å². The first-order chi connectivity index (χ1) is 7.13. The molecule has 1 rings (SSSR count). The van der Waals surface area contributed by atoms with Crippen LogP contribution in [0.15, 0.2) is 0 Å². The van der Waals surface area contributed by atoms with Crippen molar-refractivity contribution in [3.63, 3.8) is 0 Å². The maximum atomic E-state index is 11.2. The van der Waals surface area contributed by atoms with Gasteiger partial charge in [-0.15, -0.1) is 0 Å². The van der Waals surface area contributed by atoms with Crippen molar-refractivity contribution in [3.8, 4) is 0 Å². The van der Waals surface area contributed by atoms with Gasteiger partial charge in [0, 0.05) is 46.1 Å². The van der Waals surface area contributed by atoms with Crippen molar-refractivity contribution < 1.29 is 9.59 Å². The van der Waals surface area contributed by atoms with Crippen LogP contribution in [0.1, 0.15) is 19.3 Å². The normalized spacial score (nSPS) is 21.6. The summed E-state index contributed by atoms with van der Waals surface area (Å²) in [6, 6.07) is 0.331. The number of piperidine rings is 1. The Morgan fingerprint density at radius 3 is 2.93 bits per heavy atom. The van der Waals surface area contributed by atoms with E-state index in [0.29, 0.717) is 25.4 Å². The molecule has 1 heterocycles. The Morgan fingerprint density at radius 2 is 2.33 bits per heavy atom. The second kappa shape index (κ2) is 5.70. The first kappa shape index (κ1) is 12.0. The Hall–Kier alpha value is -1.10. The molecule has 86 valence electrons. The fraction of sp³-hybridized carbons (Fsp3) is 0.800. The number of hydrogen-bond acceptors (Lipinski definition) is 3. The highest BCUT2D eigenvalue weighted by Gasteiger charge is 2.21. The first-order valence-electron chi connectivity index (χ1n) is 5.31. The third kappa shape index (κ3) is 3.87. The zero-order valence-corrected chi connectivity index (χ0v) is 9.38. The van der Waals surface area contributed by atoms with Gasteiger partial charge in [-0.3, -0.25) is 9.59 Å². The van der Waals surface area contributed by atoms with E-state index in [1.165, 1.54) is 0 Å². The van der Waals surface area contributed by atoms with Gasteiger partial charge in [0.25, 0.3) is 0 Å². The molecule has 1 saturated heterocycles. The van der Waals surface area contributed by atoms with Gasteiger partial charge in [-0.2, -0.15) is 0 Å². The molecule has 5 nitrogen and oxygen atoms in total. The monoisotopic (exact) mass is 213 g/mol. The van der Waals surface area contributed by atoms with Crippen molar-refractivity contribution in [2.45, 2.75) is 25.3 Å². The molecule has 0 aromatic heterocycles. The summed E-state index contributed by atoms with van der Waals surface area (Å²) in [6.07, 6.45) is 1.97. The molecule has 15 heavy (non-hydrogen) atoms. The van der Waals surface area contributed by atoms with Gasteiger partial charge >= 0.3 is 0 Å². The molecule has 0 saturated carbocycles. The van der Waals surface area contributed by atoms with Crippen LogP contribution in [0.4, 0.5) is 0 Å². The van der Waals surface area contributed by atoms with E-state index in [9.17, 15) is 9.59 Å². The lowest BCUT2D eigenvalue weighted by molar-refractivity contribution is -0.132. The number of hydrogen-bond donors (Lipinski definition) is 2. The minimum absolute atomic E-state index is 0.0442. The van der Waals surface area contributed by atoms with Gasteiger partial charge in [-0.1, -0.05) is 0 Å². The zero-order chi connectivity index (χ0) is 11.3. The number of amides is 2. The second-order valence-electron chi connectivity index (χ2n) is 3.89. The Balaban J connectivity index is 2.17. The van der Waals surface area contributed by atoms with E-state index in [0.717, 1.165) is 13.0 Å². The van der Waals surface area contributed by atoms with Gasteiger partial charge in [0.05, 0.1) is 0 Å². The van der Waals surface area contributed by atoms with Crippen LogP contribution in [0, 0.1) is 0 Å². The summed E-state index contributed by atoms with van der Waals surface area (Å²) in [5.41, 5.74) is 0. The van der Waals surface area contributed by atoms with Crippen molar-refractivity contribution in [1.29, 1.82) is 0 Å². The summed E-state index contributed by atoms with van der Waals surface area (Å²) in [4.78, 5) is 23.9. The molecule has 1 aliphatic heterocycles. The van der Waals surface area contributed by atoms with Crippen LogP contribution in [-0.2, 0) is 9.59 Å². The zero-order valence-electron chi connectivity index (χ0n) is 9.38. The van der Waals surface area contributed by atoms with Crippen molar-refractivity contribution in [2.75, 3.05) is 27.2 Å². The fourth-order valence-electron chi connectivity index (χ4n) is 1.69. The van der Waals surface area contributed by atoms with Crippen LogP contribution in [0.3, 0.4) is 0 Å². The SMILES string of the molecule is CNC(=O)CCNC1CCC(=O)N(C)C1. The number of likely N-dealkylation sites (N-methyl/N-ethyl adjacent to an activating group) is 1. The van der Waals surface area contributed by atoms with Gasteiger partial charge in [-0.05, 0) is 6.42 Å². The summed E-state index contributed by atoms with van der Waals surface area (Å²) in [5.74, 6) is 0.252. The number of rotatable bonds is 4. The molecule has 1 fully saturated rings. The Bertz CT molecular complexity index is 243. The van der Waals surface area contributed by atoms with E-state index in [-0.39, 0.29) is 11.8 Å². The molecular formula is C10H19N3O2. The lowest BCUT2D eigenvalue weighted by Crippen LogP contribution is -2.47. The van der Waals surface area contributed by atoms with Crippen molar-refractivity contribution in [2.24, 2.45) is 0 Å². The van der Waals surface area contributed by atoms with E-state index >= 15 is 0 Å². The second-order valence-corrected chi connectivity index (χ2v) is 3.89. The predicted molar refractivity (Wildman–Crippen MR) is 57.3 cm³/mol. The summed E-state index contributed by atoms with van der Waals surface area (Å²) in [6.45, 7) is 1.42. The maximum absolute atomic E-state index is 11.2. The van der Waals surface area contributed by atoms with Crippen LogP contribution < -0.4 is 10.6 Å².